The molecule has 0 unspecified atom stereocenters. The van der Waals surface area contributed by atoms with E-state index in [0.29, 0.717) is 5.56 Å². The molecule has 0 amide bonds. The Morgan fingerprint density at radius 1 is 1.15 bits per heavy atom. The number of methoxy groups -OCH3 is 1. The molecule has 2 rings (SSSR count). The Kier molecular flexibility index (Phi) is 6.11. The lowest BCUT2D eigenvalue weighted by molar-refractivity contribution is -0.137. The summed E-state index contributed by atoms with van der Waals surface area (Å²) >= 11 is 0. The summed E-state index contributed by atoms with van der Waals surface area (Å²) in [7, 11) is -1.41. The van der Waals surface area contributed by atoms with Gasteiger partial charge in [-0.1, -0.05) is 12.1 Å². The van der Waals surface area contributed by atoms with Crippen LogP contribution in [0.5, 0.6) is 0 Å². The largest absolute Gasteiger partial charge is 0.465 e. The Labute approximate surface area is 154 Å². The fraction of sp³-hybridized carbons (Fsp3) is 0.235. The van der Waals surface area contributed by atoms with Gasteiger partial charge in [0.2, 0.25) is 10.0 Å². The van der Waals surface area contributed by atoms with E-state index in [-0.39, 0.29) is 22.7 Å². The fourth-order valence-electron chi connectivity index (χ4n) is 2.30. The number of ether oxygens (including phenoxy) is 1. The topological polar surface area (TPSA) is 84.5 Å². The van der Waals surface area contributed by atoms with E-state index in [2.05, 4.69) is 14.8 Å². The maximum atomic E-state index is 12.8. The number of sulfonamides is 1. The molecular formula is C17H17F3N2O4S. The average Bonchev–Trinajstić information content (AvgIpc) is 2.65. The van der Waals surface area contributed by atoms with E-state index in [1.165, 1.54) is 31.3 Å². The van der Waals surface area contributed by atoms with Crippen molar-refractivity contribution in [2.24, 2.45) is 0 Å². The first kappa shape index (κ1) is 20.7. The van der Waals surface area contributed by atoms with Crippen LogP contribution in [0.1, 0.15) is 21.5 Å². The quantitative estimate of drug-likeness (QED) is 0.726. The number of benzene rings is 2. The molecule has 10 heteroatoms. The van der Waals surface area contributed by atoms with E-state index in [4.69, 9.17) is 0 Å². The molecule has 27 heavy (non-hydrogen) atoms. The van der Waals surface area contributed by atoms with Crippen molar-refractivity contribution in [1.82, 2.24) is 4.72 Å². The van der Waals surface area contributed by atoms with Crippen LogP contribution in [-0.4, -0.2) is 28.5 Å². The highest BCUT2D eigenvalue weighted by Gasteiger charge is 2.30. The molecule has 0 aliphatic carbocycles. The van der Waals surface area contributed by atoms with Crippen molar-refractivity contribution in [2.45, 2.75) is 17.6 Å². The van der Waals surface area contributed by atoms with Crippen LogP contribution in [0.25, 0.3) is 0 Å². The highest BCUT2D eigenvalue weighted by molar-refractivity contribution is 7.89. The SMILES string of the molecule is CNS(=O)(=O)c1ccc(NCc2cccc(C(F)(F)F)c2)c(C(=O)OC)c1. The van der Waals surface area contributed by atoms with Gasteiger partial charge in [0.15, 0.2) is 0 Å². The zero-order chi connectivity index (χ0) is 20.2. The normalized spacial score (nSPS) is 11.9. The Balaban J connectivity index is 2.32. The highest BCUT2D eigenvalue weighted by Crippen LogP contribution is 2.30. The highest BCUT2D eigenvalue weighted by atomic mass is 32.2. The maximum absolute atomic E-state index is 12.8. The Morgan fingerprint density at radius 3 is 2.44 bits per heavy atom. The van der Waals surface area contributed by atoms with E-state index < -0.39 is 27.7 Å². The third-order valence-electron chi connectivity index (χ3n) is 3.71. The molecule has 2 aromatic rings. The molecule has 0 saturated carbocycles. The van der Waals surface area contributed by atoms with Gasteiger partial charge in [-0.25, -0.2) is 17.9 Å². The Hall–Kier alpha value is -2.59. The minimum Gasteiger partial charge on any atom is -0.465 e. The standard InChI is InChI=1S/C17H17F3N2O4S/c1-21-27(24,25)13-6-7-15(14(9-13)16(23)26-2)22-10-11-4-3-5-12(8-11)17(18,19)20/h3-9,21-22H,10H2,1-2H3. The van der Waals surface area contributed by atoms with Gasteiger partial charge in [0.05, 0.1) is 23.1 Å². The number of hydrogen-bond acceptors (Lipinski definition) is 5. The van der Waals surface area contributed by atoms with Crippen LogP contribution >= 0.6 is 0 Å². The lowest BCUT2D eigenvalue weighted by atomic mass is 10.1. The molecule has 0 saturated heterocycles. The number of carbonyl (C=O) groups is 1. The predicted octanol–water partition coefficient (Wildman–Crippen LogP) is 3.01. The van der Waals surface area contributed by atoms with Gasteiger partial charge in [-0.15, -0.1) is 0 Å². The molecule has 0 heterocycles. The van der Waals surface area contributed by atoms with E-state index in [1.54, 1.807) is 0 Å². The van der Waals surface area contributed by atoms with Crippen LogP contribution in [0.2, 0.25) is 0 Å². The van der Waals surface area contributed by atoms with Crippen LogP contribution in [0.4, 0.5) is 18.9 Å². The first-order valence-electron chi connectivity index (χ1n) is 7.64. The van der Waals surface area contributed by atoms with Gasteiger partial charge in [0, 0.05) is 12.2 Å². The molecule has 0 atom stereocenters. The van der Waals surface area contributed by atoms with Gasteiger partial charge in [0.25, 0.3) is 0 Å². The van der Waals surface area contributed by atoms with Crippen molar-refractivity contribution < 1.29 is 31.1 Å². The van der Waals surface area contributed by atoms with Gasteiger partial charge in [-0.2, -0.15) is 13.2 Å². The van der Waals surface area contributed by atoms with Crippen molar-refractivity contribution in [1.29, 1.82) is 0 Å². The average molecular weight is 402 g/mol. The monoisotopic (exact) mass is 402 g/mol. The van der Waals surface area contributed by atoms with Crippen LogP contribution in [0, 0.1) is 0 Å². The first-order valence-corrected chi connectivity index (χ1v) is 9.12. The molecule has 0 aliphatic heterocycles. The van der Waals surface area contributed by atoms with E-state index in [9.17, 15) is 26.4 Å². The van der Waals surface area contributed by atoms with Gasteiger partial charge in [-0.05, 0) is 42.9 Å². The van der Waals surface area contributed by atoms with Gasteiger partial charge < -0.3 is 10.1 Å². The number of nitrogens with one attached hydrogen (secondary N) is 2. The Morgan fingerprint density at radius 2 is 1.85 bits per heavy atom. The Bertz CT molecular complexity index is 943. The van der Waals surface area contributed by atoms with E-state index in [0.717, 1.165) is 25.3 Å². The summed E-state index contributed by atoms with van der Waals surface area (Å²) < 4.78 is 69.0. The minimum atomic E-state index is -4.46. The number of anilines is 1. The minimum absolute atomic E-state index is 0.00790. The summed E-state index contributed by atoms with van der Waals surface area (Å²) in [5.74, 6) is -0.783. The van der Waals surface area contributed by atoms with Gasteiger partial charge in [-0.3, -0.25) is 0 Å². The van der Waals surface area contributed by atoms with E-state index >= 15 is 0 Å². The molecule has 2 N–H and O–H groups in total. The van der Waals surface area contributed by atoms with Crippen molar-refractivity contribution in [3.05, 3.63) is 59.2 Å². The molecule has 0 aromatic heterocycles. The second-order valence-electron chi connectivity index (χ2n) is 5.46. The first-order chi connectivity index (χ1) is 12.6. The smallest absolute Gasteiger partial charge is 0.416 e. The number of rotatable bonds is 6. The third-order valence-corrected chi connectivity index (χ3v) is 5.12. The van der Waals surface area contributed by atoms with Gasteiger partial charge >= 0.3 is 12.1 Å². The third kappa shape index (κ3) is 4.98. The molecule has 2 aromatic carbocycles. The van der Waals surface area contributed by atoms with Crippen LogP contribution < -0.4 is 10.0 Å². The lowest BCUT2D eigenvalue weighted by Gasteiger charge is -2.14. The summed E-state index contributed by atoms with van der Waals surface area (Å²) in [4.78, 5) is 11.8. The predicted molar refractivity (Wildman–Crippen MR) is 92.8 cm³/mol. The number of hydrogen-bond donors (Lipinski definition) is 2. The number of halogens is 3. The van der Waals surface area contributed by atoms with Crippen LogP contribution in [0.3, 0.4) is 0 Å². The number of esters is 1. The summed E-state index contributed by atoms with van der Waals surface area (Å²) in [5, 5.41) is 2.84. The van der Waals surface area contributed by atoms with E-state index in [1.807, 2.05) is 0 Å². The lowest BCUT2D eigenvalue weighted by Crippen LogP contribution is -2.19. The van der Waals surface area contributed by atoms with Crippen molar-refractivity contribution in [3.8, 4) is 0 Å². The second kappa shape index (κ2) is 7.97. The molecule has 0 aliphatic rings. The molecule has 0 radical (unpaired) electrons. The summed E-state index contributed by atoms with van der Waals surface area (Å²) in [6, 6.07) is 8.48. The second-order valence-corrected chi connectivity index (χ2v) is 7.34. The summed E-state index contributed by atoms with van der Waals surface area (Å²) in [6.45, 7) is -0.00790. The molecule has 146 valence electrons. The van der Waals surface area contributed by atoms with Crippen molar-refractivity contribution in [3.63, 3.8) is 0 Å². The summed E-state index contributed by atoms with van der Waals surface area (Å²) in [6.07, 6.45) is -4.46. The van der Waals surface area contributed by atoms with Gasteiger partial charge in [0.1, 0.15) is 0 Å². The molecule has 0 spiro atoms. The molecular weight excluding hydrogens is 385 g/mol. The molecule has 0 fully saturated rings. The van der Waals surface area contributed by atoms with Crippen LogP contribution in [0.15, 0.2) is 47.4 Å². The zero-order valence-corrected chi connectivity index (χ0v) is 15.2. The van der Waals surface area contributed by atoms with Crippen LogP contribution in [-0.2, 0) is 27.5 Å². The van der Waals surface area contributed by atoms with Crippen molar-refractivity contribution >= 4 is 21.7 Å². The zero-order valence-electron chi connectivity index (χ0n) is 14.4. The number of alkyl halides is 3. The number of carbonyl (C=O) groups excluding carboxylic acids is 1. The molecule has 0 bridgehead atoms. The fourth-order valence-corrected chi connectivity index (χ4v) is 3.05. The molecule has 6 nitrogen and oxygen atoms in total. The summed E-state index contributed by atoms with van der Waals surface area (Å²) in [5.41, 5.74) is -0.270. The maximum Gasteiger partial charge on any atom is 0.416 e. The van der Waals surface area contributed by atoms with Crippen molar-refractivity contribution in [2.75, 3.05) is 19.5 Å².